The molecule has 3 aromatic rings. The molecule has 2 aromatic heterocycles. The van der Waals surface area contributed by atoms with Crippen LogP contribution in [0, 0.1) is 0 Å². The number of esters is 1. The van der Waals surface area contributed by atoms with Crippen LogP contribution in [0.3, 0.4) is 0 Å². The summed E-state index contributed by atoms with van der Waals surface area (Å²) in [4.78, 5) is 25.1. The van der Waals surface area contributed by atoms with E-state index in [4.69, 9.17) is 19.9 Å². The molecule has 10 heteroatoms. The number of hydrogen-bond acceptors (Lipinski definition) is 9. The van der Waals surface area contributed by atoms with Gasteiger partial charge in [-0.15, -0.1) is 0 Å². The van der Waals surface area contributed by atoms with Gasteiger partial charge in [0, 0.05) is 6.54 Å². The smallest absolute Gasteiger partial charge is 0.323 e. The van der Waals surface area contributed by atoms with E-state index < -0.39 is 6.04 Å². The van der Waals surface area contributed by atoms with Crippen molar-refractivity contribution in [2.45, 2.75) is 39.3 Å². The fourth-order valence-electron chi connectivity index (χ4n) is 3.12. The number of nitrogen functional groups attached to an aromatic ring is 1. The standard InChI is InChI=1S/C22H30N6O4/c1-3-11-32-20-18-19(26-22(23)27-20)28(14-24-18)10-12-30-15-25-17(21(29)31-4-2)13-16-8-6-5-7-9-16/h5-9,14,17,25H,3-4,10-13,15H2,1-2H3,(H2,23,26,27)/t17-/m0/s1. The number of fused-ring (bicyclic) bond motifs is 1. The molecule has 0 fully saturated rings. The first-order chi connectivity index (χ1) is 15.6. The molecule has 3 N–H and O–H groups in total. The summed E-state index contributed by atoms with van der Waals surface area (Å²) in [6, 6.07) is 9.29. The van der Waals surface area contributed by atoms with Crippen molar-refractivity contribution in [1.82, 2.24) is 24.8 Å². The summed E-state index contributed by atoms with van der Waals surface area (Å²) in [5.41, 5.74) is 8.02. The van der Waals surface area contributed by atoms with Gasteiger partial charge in [-0.1, -0.05) is 37.3 Å². The number of benzene rings is 1. The molecule has 0 aliphatic carbocycles. The third-order valence-electron chi connectivity index (χ3n) is 4.65. The number of hydrogen-bond donors (Lipinski definition) is 2. The molecule has 0 unspecified atom stereocenters. The number of ether oxygens (including phenoxy) is 3. The number of carbonyl (C=O) groups is 1. The van der Waals surface area contributed by atoms with Crippen LogP contribution >= 0.6 is 0 Å². The lowest BCUT2D eigenvalue weighted by molar-refractivity contribution is -0.146. The molecular weight excluding hydrogens is 412 g/mol. The van der Waals surface area contributed by atoms with Crippen molar-refractivity contribution in [2.24, 2.45) is 0 Å². The van der Waals surface area contributed by atoms with Crippen molar-refractivity contribution >= 4 is 23.1 Å². The lowest BCUT2D eigenvalue weighted by Crippen LogP contribution is -2.41. The SMILES string of the molecule is CCCOc1nc(N)nc2c1ncn2CCOCN[C@@H](Cc1ccccc1)C(=O)OCC. The van der Waals surface area contributed by atoms with E-state index in [2.05, 4.69) is 20.3 Å². The van der Waals surface area contributed by atoms with Gasteiger partial charge in [-0.05, 0) is 25.3 Å². The number of nitrogens with zero attached hydrogens (tertiary/aromatic N) is 4. The molecule has 0 spiro atoms. The molecule has 0 aliphatic heterocycles. The molecule has 0 saturated carbocycles. The van der Waals surface area contributed by atoms with Crippen molar-refractivity contribution in [3.8, 4) is 5.88 Å². The van der Waals surface area contributed by atoms with Gasteiger partial charge in [0.25, 0.3) is 0 Å². The van der Waals surface area contributed by atoms with Gasteiger partial charge in [-0.25, -0.2) is 4.98 Å². The molecule has 0 saturated heterocycles. The molecule has 1 atom stereocenters. The average molecular weight is 443 g/mol. The Hall–Kier alpha value is -3.24. The van der Waals surface area contributed by atoms with E-state index in [9.17, 15) is 4.79 Å². The minimum atomic E-state index is -0.489. The largest absolute Gasteiger partial charge is 0.476 e. The number of nitrogens with two attached hydrogens (primary N) is 1. The fraction of sp³-hybridized carbons (Fsp3) is 0.455. The lowest BCUT2D eigenvalue weighted by atomic mass is 10.1. The minimum Gasteiger partial charge on any atom is -0.476 e. The number of carbonyl (C=O) groups excluding carboxylic acids is 1. The number of aromatic nitrogens is 4. The molecule has 3 rings (SSSR count). The minimum absolute atomic E-state index is 0.131. The first-order valence-corrected chi connectivity index (χ1v) is 10.7. The number of nitrogens with one attached hydrogen (secondary N) is 1. The quantitative estimate of drug-likeness (QED) is 0.232. The molecule has 10 nitrogen and oxygen atoms in total. The second kappa shape index (κ2) is 12.0. The molecule has 0 bridgehead atoms. The van der Waals surface area contributed by atoms with Crippen LogP contribution in [0.15, 0.2) is 36.7 Å². The van der Waals surface area contributed by atoms with Gasteiger partial charge < -0.3 is 24.5 Å². The Bertz CT molecular complexity index is 995. The number of anilines is 1. The Morgan fingerprint density at radius 1 is 1.19 bits per heavy atom. The Morgan fingerprint density at radius 2 is 2.00 bits per heavy atom. The second-order valence-corrected chi connectivity index (χ2v) is 7.10. The molecule has 0 amide bonds. The van der Waals surface area contributed by atoms with Gasteiger partial charge >= 0.3 is 5.97 Å². The molecule has 2 heterocycles. The highest BCUT2D eigenvalue weighted by Gasteiger charge is 2.19. The third-order valence-corrected chi connectivity index (χ3v) is 4.65. The molecule has 0 radical (unpaired) electrons. The van der Waals surface area contributed by atoms with Crippen LogP contribution in [0.25, 0.3) is 11.2 Å². The second-order valence-electron chi connectivity index (χ2n) is 7.10. The van der Waals surface area contributed by atoms with E-state index in [1.165, 1.54) is 0 Å². The molecular formula is C22H30N6O4. The maximum absolute atomic E-state index is 12.3. The summed E-state index contributed by atoms with van der Waals surface area (Å²) >= 11 is 0. The maximum atomic E-state index is 12.3. The Labute approximate surface area is 187 Å². The first kappa shape index (κ1) is 23.4. The summed E-state index contributed by atoms with van der Waals surface area (Å²) in [5, 5.41) is 3.12. The molecule has 0 aliphatic rings. The summed E-state index contributed by atoms with van der Waals surface area (Å²) in [6.07, 6.45) is 3.03. The predicted molar refractivity (Wildman–Crippen MR) is 120 cm³/mol. The van der Waals surface area contributed by atoms with E-state index in [-0.39, 0.29) is 18.6 Å². The monoisotopic (exact) mass is 442 g/mol. The van der Waals surface area contributed by atoms with Gasteiger partial charge in [0.2, 0.25) is 11.8 Å². The van der Waals surface area contributed by atoms with Crippen LogP contribution in [0.4, 0.5) is 5.95 Å². The van der Waals surface area contributed by atoms with Gasteiger partial charge in [0.05, 0.1) is 32.9 Å². The van der Waals surface area contributed by atoms with Crippen molar-refractivity contribution < 1.29 is 19.0 Å². The highest BCUT2D eigenvalue weighted by atomic mass is 16.5. The maximum Gasteiger partial charge on any atom is 0.323 e. The van der Waals surface area contributed by atoms with Crippen molar-refractivity contribution in [2.75, 3.05) is 32.3 Å². The third kappa shape index (κ3) is 6.38. The fourth-order valence-corrected chi connectivity index (χ4v) is 3.12. The van der Waals surface area contributed by atoms with Crippen molar-refractivity contribution in [1.29, 1.82) is 0 Å². The highest BCUT2D eigenvalue weighted by Crippen LogP contribution is 2.22. The Balaban J connectivity index is 1.54. The zero-order valence-corrected chi connectivity index (χ0v) is 18.5. The van der Waals surface area contributed by atoms with Crippen LogP contribution in [0.2, 0.25) is 0 Å². The van der Waals surface area contributed by atoms with Crippen molar-refractivity contribution in [3.05, 3.63) is 42.2 Å². The van der Waals surface area contributed by atoms with Gasteiger partial charge in [0.1, 0.15) is 6.04 Å². The topological polar surface area (TPSA) is 126 Å². The van der Waals surface area contributed by atoms with E-state index in [0.717, 1.165) is 12.0 Å². The number of rotatable bonds is 13. The lowest BCUT2D eigenvalue weighted by Gasteiger charge is -2.17. The molecule has 172 valence electrons. The summed E-state index contributed by atoms with van der Waals surface area (Å²) in [7, 11) is 0. The van der Waals surface area contributed by atoms with E-state index in [1.54, 1.807) is 13.3 Å². The zero-order valence-electron chi connectivity index (χ0n) is 18.5. The first-order valence-electron chi connectivity index (χ1n) is 10.7. The van der Waals surface area contributed by atoms with Crippen LogP contribution in [0.5, 0.6) is 5.88 Å². The van der Waals surface area contributed by atoms with Gasteiger partial charge in [-0.3, -0.25) is 10.1 Å². The number of imidazole rings is 1. The van der Waals surface area contributed by atoms with Crippen LogP contribution < -0.4 is 15.8 Å². The van der Waals surface area contributed by atoms with Crippen LogP contribution in [-0.4, -0.2) is 58.1 Å². The van der Waals surface area contributed by atoms with E-state index in [1.807, 2.05) is 41.8 Å². The van der Waals surface area contributed by atoms with Crippen molar-refractivity contribution in [3.63, 3.8) is 0 Å². The van der Waals surface area contributed by atoms with E-state index >= 15 is 0 Å². The normalized spacial score (nSPS) is 12.1. The summed E-state index contributed by atoms with van der Waals surface area (Å²) in [6.45, 7) is 5.74. The Morgan fingerprint density at radius 3 is 2.75 bits per heavy atom. The van der Waals surface area contributed by atoms with Crippen LogP contribution in [0.1, 0.15) is 25.8 Å². The Kier molecular flexibility index (Phi) is 8.76. The zero-order chi connectivity index (χ0) is 22.8. The predicted octanol–water partition coefficient (Wildman–Crippen LogP) is 1.94. The molecule has 32 heavy (non-hydrogen) atoms. The molecule has 1 aromatic carbocycles. The average Bonchev–Trinajstić information content (AvgIpc) is 3.20. The van der Waals surface area contributed by atoms with E-state index in [0.29, 0.717) is 49.8 Å². The van der Waals surface area contributed by atoms with Crippen LogP contribution in [-0.2, 0) is 27.2 Å². The van der Waals surface area contributed by atoms with Gasteiger partial charge in [0.15, 0.2) is 11.2 Å². The highest BCUT2D eigenvalue weighted by molar-refractivity contribution is 5.77. The summed E-state index contributed by atoms with van der Waals surface area (Å²) in [5.74, 6) is 0.215. The van der Waals surface area contributed by atoms with Gasteiger partial charge in [-0.2, -0.15) is 9.97 Å². The summed E-state index contributed by atoms with van der Waals surface area (Å²) < 4.78 is 18.4.